The van der Waals surface area contributed by atoms with Gasteiger partial charge in [0.1, 0.15) is 0 Å². The van der Waals surface area contributed by atoms with Gasteiger partial charge in [-0.3, -0.25) is 4.79 Å². The maximum atomic E-state index is 11.5. The predicted molar refractivity (Wildman–Crippen MR) is 113 cm³/mol. The van der Waals surface area contributed by atoms with Crippen molar-refractivity contribution in [3.8, 4) is 0 Å². The number of carboxylic acids is 1. The molecule has 0 aromatic carbocycles. The van der Waals surface area contributed by atoms with E-state index in [9.17, 15) is 15.0 Å². The van der Waals surface area contributed by atoms with Crippen LogP contribution in [0.2, 0.25) is 0 Å². The van der Waals surface area contributed by atoms with E-state index in [-0.39, 0.29) is 34.9 Å². The summed E-state index contributed by atoms with van der Waals surface area (Å²) in [4.78, 5) is 11.1. The molecule has 0 aromatic heterocycles. The van der Waals surface area contributed by atoms with Crippen LogP contribution in [0, 0.1) is 45.8 Å². The molecule has 4 aliphatic carbocycles. The molecule has 4 heteroatoms. The van der Waals surface area contributed by atoms with Gasteiger partial charge in [0, 0.05) is 6.42 Å². The minimum atomic E-state index is -0.709. The Balaban J connectivity index is 1.59. The van der Waals surface area contributed by atoms with E-state index in [1.807, 2.05) is 0 Å². The number of hydrogen-bond donors (Lipinski definition) is 3. The lowest BCUT2D eigenvalue weighted by atomic mass is 9.39. The molecule has 0 radical (unpaired) electrons. The van der Waals surface area contributed by atoms with E-state index >= 15 is 0 Å². The van der Waals surface area contributed by atoms with Gasteiger partial charge in [0.05, 0.1) is 12.2 Å². The smallest absolute Gasteiger partial charge is 0.303 e. The van der Waals surface area contributed by atoms with E-state index < -0.39 is 5.97 Å². The zero-order valence-corrected chi connectivity index (χ0v) is 18.9. The number of hydrogen-bond acceptors (Lipinski definition) is 3. The van der Waals surface area contributed by atoms with Crippen molar-refractivity contribution in [2.75, 3.05) is 0 Å². The van der Waals surface area contributed by atoms with Crippen LogP contribution in [-0.4, -0.2) is 33.5 Å². The molecule has 3 N–H and O–H groups in total. The Labute approximate surface area is 176 Å². The van der Waals surface area contributed by atoms with Crippen molar-refractivity contribution < 1.29 is 20.1 Å². The summed E-state index contributed by atoms with van der Waals surface area (Å²) in [5.74, 6) is 1.85. The fraction of sp³-hybridized carbons (Fsp3) is 0.960. The molecule has 4 nitrogen and oxygen atoms in total. The van der Waals surface area contributed by atoms with Crippen molar-refractivity contribution in [2.24, 2.45) is 45.8 Å². The normalized spacial score (nSPS) is 52.9. The largest absolute Gasteiger partial charge is 0.481 e. The third-order valence-corrected chi connectivity index (χ3v) is 11.0. The highest BCUT2D eigenvalue weighted by atomic mass is 16.4. The number of aliphatic carboxylic acids is 1. The molecule has 0 spiro atoms. The van der Waals surface area contributed by atoms with Gasteiger partial charge in [-0.05, 0) is 104 Å². The van der Waals surface area contributed by atoms with Crippen molar-refractivity contribution in [1.82, 2.24) is 0 Å². The quantitative estimate of drug-likeness (QED) is 0.622. The Bertz CT molecular complexity index is 649. The first-order chi connectivity index (χ1) is 13.5. The second-order valence-corrected chi connectivity index (χ2v) is 12.0. The van der Waals surface area contributed by atoms with E-state index in [1.54, 1.807) is 0 Å². The highest BCUT2D eigenvalue weighted by molar-refractivity contribution is 5.66. The van der Waals surface area contributed by atoms with E-state index in [0.29, 0.717) is 29.6 Å². The summed E-state index contributed by atoms with van der Waals surface area (Å²) < 4.78 is 0. The highest BCUT2D eigenvalue weighted by Gasteiger charge is 2.66. The third kappa shape index (κ3) is 3.11. The van der Waals surface area contributed by atoms with Gasteiger partial charge < -0.3 is 15.3 Å². The summed E-state index contributed by atoms with van der Waals surface area (Å²) in [7, 11) is 0. The molecule has 0 heterocycles. The van der Waals surface area contributed by atoms with E-state index in [1.165, 1.54) is 19.3 Å². The Hall–Kier alpha value is -0.610. The van der Waals surface area contributed by atoms with Crippen molar-refractivity contribution in [3.05, 3.63) is 0 Å². The van der Waals surface area contributed by atoms with Crippen molar-refractivity contribution >= 4 is 5.97 Å². The molecule has 0 aliphatic heterocycles. The second-order valence-electron chi connectivity index (χ2n) is 12.0. The molecule has 166 valence electrons. The molecule has 10 atom stereocenters. The third-order valence-electron chi connectivity index (χ3n) is 11.0. The summed E-state index contributed by atoms with van der Waals surface area (Å²) in [6.07, 6.45) is 9.05. The molecule has 4 rings (SSSR count). The number of fused-ring (bicyclic) bond motifs is 5. The zero-order chi connectivity index (χ0) is 21.2. The summed E-state index contributed by atoms with van der Waals surface area (Å²) in [6.45, 7) is 9.40. The lowest BCUT2D eigenvalue weighted by molar-refractivity contribution is -0.201. The fourth-order valence-electron chi connectivity index (χ4n) is 9.09. The van der Waals surface area contributed by atoms with Crippen LogP contribution in [0.25, 0.3) is 0 Å². The van der Waals surface area contributed by atoms with Gasteiger partial charge in [0.2, 0.25) is 0 Å². The molecule has 0 amide bonds. The minimum Gasteiger partial charge on any atom is -0.481 e. The molecule has 29 heavy (non-hydrogen) atoms. The Morgan fingerprint density at radius 3 is 2.45 bits per heavy atom. The van der Waals surface area contributed by atoms with Crippen LogP contribution in [0.15, 0.2) is 0 Å². The van der Waals surface area contributed by atoms with Gasteiger partial charge in [-0.2, -0.15) is 0 Å². The summed E-state index contributed by atoms with van der Waals surface area (Å²) >= 11 is 0. The number of rotatable bonds is 4. The first-order valence-corrected chi connectivity index (χ1v) is 12.1. The van der Waals surface area contributed by atoms with E-state index in [0.717, 1.165) is 38.5 Å². The molecular formula is C25H42O4. The fourth-order valence-corrected chi connectivity index (χ4v) is 9.09. The van der Waals surface area contributed by atoms with Crippen molar-refractivity contribution in [1.29, 1.82) is 0 Å². The summed E-state index contributed by atoms with van der Waals surface area (Å²) in [5, 5.41) is 31.0. The van der Waals surface area contributed by atoms with Crippen LogP contribution in [0.5, 0.6) is 0 Å². The highest BCUT2D eigenvalue weighted by Crippen LogP contribution is 2.71. The summed E-state index contributed by atoms with van der Waals surface area (Å²) in [5.41, 5.74) is 0.327. The molecule has 4 aliphatic rings. The van der Waals surface area contributed by atoms with Gasteiger partial charge in [-0.15, -0.1) is 0 Å². The monoisotopic (exact) mass is 406 g/mol. The molecule has 0 bridgehead atoms. The van der Waals surface area contributed by atoms with Gasteiger partial charge in [-0.25, -0.2) is 0 Å². The van der Waals surface area contributed by atoms with Crippen molar-refractivity contribution in [3.63, 3.8) is 0 Å². The van der Waals surface area contributed by atoms with Crippen LogP contribution in [0.3, 0.4) is 0 Å². The van der Waals surface area contributed by atoms with Crippen LogP contribution < -0.4 is 0 Å². The second kappa shape index (κ2) is 7.22. The van der Waals surface area contributed by atoms with E-state index in [4.69, 9.17) is 5.11 Å². The number of aliphatic hydroxyl groups is 2. The topological polar surface area (TPSA) is 77.8 Å². The summed E-state index contributed by atoms with van der Waals surface area (Å²) in [6, 6.07) is 0. The average molecular weight is 407 g/mol. The van der Waals surface area contributed by atoms with Gasteiger partial charge >= 0.3 is 5.97 Å². The van der Waals surface area contributed by atoms with Crippen LogP contribution >= 0.6 is 0 Å². The standard InChI is InChI=1S/C25H42O4/c1-15(5-8-22(28)29)18-6-7-19-17-10-11-23(2)14-16(26)9-12-24(23,3)20(17)13-21(27)25(18,19)4/h15-21,26-27H,5-14H2,1-4H3,(H,28,29)/t15-,16-,17?,18?,19?,20?,21+,23-,24-,25-/m1/s1. The van der Waals surface area contributed by atoms with Gasteiger partial charge in [-0.1, -0.05) is 27.7 Å². The Morgan fingerprint density at radius 2 is 1.76 bits per heavy atom. The number of aliphatic hydroxyl groups excluding tert-OH is 2. The molecular weight excluding hydrogens is 364 g/mol. The maximum Gasteiger partial charge on any atom is 0.303 e. The van der Waals surface area contributed by atoms with Crippen LogP contribution in [0.4, 0.5) is 0 Å². The molecule has 4 unspecified atom stereocenters. The number of carbonyl (C=O) groups is 1. The predicted octanol–water partition coefficient (Wildman–Crippen LogP) is 4.87. The molecule has 4 saturated carbocycles. The Kier molecular flexibility index (Phi) is 5.38. The van der Waals surface area contributed by atoms with Crippen molar-refractivity contribution in [2.45, 2.75) is 104 Å². The first kappa shape index (κ1) is 21.6. The SMILES string of the molecule is C[C@H](CCC(=O)O)C1CCC2C3CC[C@]4(C)C[C@H](O)CC[C@]4(C)C3C[C@H](O)[C@@]21C. The van der Waals surface area contributed by atoms with Gasteiger partial charge in [0.25, 0.3) is 0 Å². The van der Waals surface area contributed by atoms with Crippen LogP contribution in [-0.2, 0) is 4.79 Å². The molecule has 0 saturated heterocycles. The van der Waals surface area contributed by atoms with Gasteiger partial charge in [0.15, 0.2) is 0 Å². The lowest BCUT2D eigenvalue weighted by Crippen LogP contribution is -2.61. The van der Waals surface area contributed by atoms with Crippen LogP contribution in [0.1, 0.15) is 91.9 Å². The average Bonchev–Trinajstić information content (AvgIpc) is 3.01. The zero-order valence-electron chi connectivity index (χ0n) is 18.9. The first-order valence-electron chi connectivity index (χ1n) is 12.1. The minimum absolute atomic E-state index is 0.0721. The number of carboxylic acid groups (broad SMARTS) is 1. The molecule has 0 aromatic rings. The lowest BCUT2D eigenvalue weighted by Gasteiger charge is -2.66. The Morgan fingerprint density at radius 1 is 1.03 bits per heavy atom. The maximum absolute atomic E-state index is 11.5. The van der Waals surface area contributed by atoms with E-state index in [2.05, 4.69) is 27.7 Å². The molecule has 4 fully saturated rings.